The van der Waals surface area contributed by atoms with Gasteiger partial charge in [0.25, 0.3) is 0 Å². The first-order chi connectivity index (χ1) is 11.8. The number of hydrogen-bond acceptors (Lipinski definition) is 6. The van der Waals surface area contributed by atoms with E-state index in [9.17, 15) is 13.2 Å². The van der Waals surface area contributed by atoms with E-state index in [2.05, 4.69) is 5.32 Å². The minimum absolute atomic E-state index is 0.0454. The number of methoxy groups -OCH3 is 3. The van der Waals surface area contributed by atoms with Gasteiger partial charge in [-0.3, -0.25) is 4.79 Å². The van der Waals surface area contributed by atoms with E-state index >= 15 is 0 Å². The molecule has 1 aromatic carbocycles. The van der Waals surface area contributed by atoms with Gasteiger partial charge in [0.15, 0.2) is 11.5 Å². The molecule has 0 heterocycles. The molecule has 1 N–H and O–H groups in total. The van der Waals surface area contributed by atoms with Gasteiger partial charge < -0.3 is 19.5 Å². The monoisotopic (exact) mass is 374 g/mol. The highest BCUT2D eigenvalue weighted by atomic mass is 32.2. The van der Waals surface area contributed by atoms with Crippen molar-refractivity contribution in [1.29, 1.82) is 0 Å². The first-order valence-corrected chi connectivity index (χ1v) is 9.66. The second-order valence-electron chi connectivity index (χ2n) is 5.37. The normalized spacial score (nSPS) is 11.3. The summed E-state index contributed by atoms with van der Waals surface area (Å²) >= 11 is 0. The molecule has 0 aliphatic rings. The van der Waals surface area contributed by atoms with E-state index in [4.69, 9.17) is 14.2 Å². The highest BCUT2D eigenvalue weighted by Crippen LogP contribution is 2.39. The minimum Gasteiger partial charge on any atom is -0.493 e. The van der Waals surface area contributed by atoms with Crippen molar-refractivity contribution in [1.82, 2.24) is 4.31 Å². The van der Waals surface area contributed by atoms with Crippen LogP contribution in [0.15, 0.2) is 12.1 Å². The highest BCUT2D eigenvalue weighted by Gasteiger charge is 2.18. The number of carbonyl (C=O) groups excluding carboxylic acids is 1. The summed E-state index contributed by atoms with van der Waals surface area (Å²) in [6.07, 6.45) is 1.87. The van der Waals surface area contributed by atoms with Crippen LogP contribution in [0.4, 0.5) is 5.69 Å². The molecule has 1 rings (SSSR count). The van der Waals surface area contributed by atoms with Gasteiger partial charge in [0.1, 0.15) is 0 Å². The van der Waals surface area contributed by atoms with Crippen LogP contribution in [0.1, 0.15) is 19.8 Å². The largest absolute Gasteiger partial charge is 0.493 e. The Morgan fingerprint density at radius 1 is 1.08 bits per heavy atom. The van der Waals surface area contributed by atoms with Gasteiger partial charge >= 0.3 is 0 Å². The van der Waals surface area contributed by atoms with Crippen LogP contribution in [0.3, 0.4) is 0 Å². The molecule has 0 fully saturated rings. The van der Waals surface area contributed by atoms with Gasteiger partial charge in [0.2, 0.25) is 21.7 Å². The van der Waals surface area contributed by atoms with Crippen molar-refractivity contribution in [3.8, 4) is 17.2 Å². The molecular weight excluding hydrogens is 348 g/mol. The predicted octanol–water partition coefficient (Wildman–Crippen LogP) is 1.71. The zero-order chi connectivity index (χ0) is 19.0. The second-order valence-corrected chi connectivity index (χ2v) is 7.36. The third-order valence-corrected chi connectivity index (χ3v) is 4.78. The lowest BCUT2D eigenvalue weighted by Gasteiger charge is -2.19. The first-order valence-electron chi connectivity index (χ1n) is 7.81. The fourth-order valence-corrected chi connectivity index (χ4v) is 3.23. The van der Waals surface area contributed by atoms with Crippen molar-refractivity contribution >= 4 is 21.6 Å². The van der Waals surface area contributed by atoms with Crippen LogP contribution >= 0.6 is 0 Å². The molecule has 0 saturated carbocycles. The lowest BCUT2D eigenvalue weighted by Crippen LogP contribution is -2.33. The second kappa shape index (κ2) is 9.47. The van der Waals surface area contributed by atoms with Gasteiger partial charge in [0.05, 0.1) is 27.6 Å². The van der Waals surface area contributed by atoms with Crippen LogP contribution in [-0.4, -0.2) is 59.3 Å². The van der Waals surface area contributed by atoms with Crippen LogP contribution in [-0.2, 0) is 14.8 Å². The van der Waals surface area contributed by atoms with Gasteiger partial charge in [0, 0.05) is 37.3 Å². The van der Waals surface area contributed by atoms with Crippen molar-refractivity contribution in [2.75, 3.05) is 46.0 Å². The number of rotatable bonds is 10. The Kier molecular flexibility index (Phi) is 7.98. The topological polar surface area (TPSA) is 94.2 Å². The Hall–Kier alpha value is -2.00. The van der Waals surface area contributed by atoms with E-state index in [0.29, 0.717) is 35.9 Å². The van der Waals surface area contributed by atoms with Crippen molar-refractivity contribution in [3.05, 3.63) is 12.1 Å². The van der Waals surface area contributed by atoms with Gasteiger partial charge in [-0.25, -0.2) is 12.7 Å². The summed E-state index contributed by atoms with van der Waals surface area (Å²) in [6, 6.07) is 3.22. The zero-order valence-corrected chi connectivity index (χ0v) is 16.1. The third kappa shape index (κ3) is 6.09. The molecule has 0 radical (unpaired) electrons. The van der Waals surface area contributed by atoms with Crippen LogP contribution in [0, 0.1) is 0 Å². The molecule has 1 amide bonds. The maximum absolute atomic E-state index is 12.2. The Bertz CT molecular complexity index is 665. The van der Waals surface area contributed by atoms with E-state index < -0.39 is 10.0 Å². The van der Waals surface area contributed by atoms with Gasteiger partial charge in [-0.1, -0.05) is 6.92 Å². The van der Waals surface area contributed by atoms with Gasteiger partial charge in [-0.2, -0.15) is 0 Å². The van der Waals surface area contributed by atoms with Gasteiger partial charge in [-0.05, 0) is 6.42 Å². The number of carbonyl (C=O) groups is 1. The van der Waals surface area contributed by atoms with Crippen LogP contribution < -0.4 is 19.5 Å². The average Bonchev–Trinajstić information content (AvgIpc) is 2.56. The molecule has 142 valence electrons. The van der Waals surface area contributed by atoms with Crippen molar-refractivity contribution in [2.24, 2.45) is 0 Å². The molecule has 0 aliphatic carbocycles. The highest BCUT2D eigenvalue weighted by molar-refractivity contribution is 7.88. The predicted molar refractivity (Wildman–Crippen MR) is 96.1 cm³/mol. The smallest absolute Gasteiger partial charge is 0.225 e. The summed E-state index contributed by atoms with van der Waals surface area (Å²) in [6.45, 7) is 2.40. The molecule has 0 saturated heterocycles. The number of amides is 1. The summed E-state index contributed by atoms with van der Waals surface area (Å²) in [5.74, 6) is 0.954. The Balaban J connectivity index is 2.83. The maximum Gasteiger partial charge on any atom is 0.225 e. The van der Waals surface area contributed by atoms with Crippen molar-refractivity contribution < 1.29 is 27.4 Å². The first kappa shape index (κ1) is 21.0. The SMILES string of the molecule is CCCN(CCC(=O)Nc1cc(OC)c(OC)c(OC)c1)S(C)(=O)=O. The molecule has 0 atom stereocenters. The van der Waals surface area contributed by atoms with Crippen LogP contribution in [0.5, 0.6) is 17.2 Å². The molecule has 9 heteroatoms. The molecule has 0 spiro atoms. The lowest BCUT2D eigenvalue weighted by molar-refractivity contribution is -0.116. The number of benzene rings is 1. The Morgan fingerprint density at radius 3 is 2.04 bits per heavy atom. The standard InChI is InChI=1S/C16H26N2O6S/c1-6-8-18(25(5,20)21)9-7-15(19)17-12-10-13(22-2)16(24-4)14(11-12)23-3/h10-11H,6-9H2,1-5H3,(H,17,19). The molecule has 8 nitrogen and oxygen atoms in total. The molecular formula is C16H26N2O6S. The molecule has 25 heavy (non-hydrogen) atoms. The molecule has 0 aliphatic heterocycles. The molecule has 0 aromatic heterocycles. The molecule has 0 bridgehead atoms. The van der Waals surface area contributed by atoms with E-state index in [1.165, 1.54) is 25.6 Å². The minimum atomic E-state index is -3.33. The number of ether oxygens (including phenoxy) is 3. The molecule has 0 unspecified atom stereocenters. The summed E-state index contributed by atoms with van der Waals surface area (Å²) in [5.41, 5.74) is 0.473. The van der Waals surface area contributed by atoms with Crippen LogP contribution in [0.2, 0.25) is 0 Å². The van der Waals surface area contributed by atoms with E-state index in [-0.39, 0.29) is 18.9 Å². The third-order valence-electron chi connectivity index (χ3n) is 3.48. The van der Waals surface area contributed by atoms with E-state index in [1.807, 2.05) is 6.92 Å². The summed E-state index contributed by atoms with van der Waals surface area (Å²) in [7, 11) is 1.13. The zero-order valence-electron chi connectivity index (χ0n) is 15.3. The number of hydrogen-bond donors (Lipinski definition) is 1. The maximum atomic E-state index is 12.2. The number of nitrogens with one attached hydrogen (secondary N) is 1. The van der Waals surface area contributed by atoms with Crippen molar-refractivity contribution in [3.63, 3.8) is 0 Å². The lowest BCUT2D eigenvalue weighted by atomic mass is 10.2. The number of anilines is 1. The van der Waals surface area contributed by atoms with Crippen LogP contribution in [0.25, 0.3) is 0 Å². The summed E-state index contributed by atoms with van der Waals surface area (Å²) < 4.78 is 40.3. The van der Waals surface area contributed by atoms with E-state index in [0.717, 1.165) is 6.26 Å². The number of nitrogens with zero attached hydrogens (tertiary/aromatic N) is 1. The average molecular weight is 374 g/mol. The fourth-order valence-electron chi connectivity index (χ4n) is 2.30. The summed E-state index contributed by atoms with van der Waals surface area (Å²) in [4.78, 5) is 12.2. The van der Waals surface area contributed by atoms with Crippen molar-refractivity contribution in [2.45, 2.75) is 19.8 Å². The Labute approximate surface area is 149 Å². The Morgan fingerprint density at radius 2 is 1.64 bits per heavy atom. The quantitative estimate of drug-likeness (QED) is 0.670. The summed E-state index contributed by atoms with van der Waals surface area (Å²) in [5, 5.41) is 2.72. The number of sulfonamides is 1. The van der Waals surface area contributed by atoms with Gasteiger partial charge in [-0.15, -0.1) is 0 Å². The molecule has 1 aromatic rings. The van der Waals surface area contributed by atoms with E-state index in [1.54, 1.807) is 12.1 Å². The fraction of sp³-hybridized carbons (Fsp3) is 0.562.